The molecule has 0 saturated heterocycles. The Labute approximate surface area is 106 Å². The number of nitrogens with two attached hydrogens (primary N) is 1. The maximum absolute atomic E-state index is 11.5. The van der Waals surface area contributed by atoms with Gasteiger partial charge in [0, 0.05) is 7.05 Å². The second-order valence-corrected chi connectivity index (χ2v) is 5.08. The van der Waals surface area contributed by atoms with Crippen LogP contribution < -0.4 is 11.5 Å². The molecule has 4 nitrogen and oxygen atoms in total. The van der Waals surface area contributed by atoms with Crippen LogP contribution in [0, 0.1) is 5.92 Å². The second kappa shape index (κ2) is 4.98. The molecular weight excluding hydrogens is 228 g/mol. The van der Waals surface area contributed by atoms with Crippen molar-refractivity contribution in [3.63, 3.8) is 0 Å². The van der Waals surface area contributed by atoms with Gasteiger partial charge in [0.1, 0.15) is 0 Å². The Kier molecular flexibility index (Phi) is 3.57. The highest BCUT2D eigenvalue weighted by Gasteiger charge is 2.16. The summed E-state index contributed by atoms with van der Waals surface area (Å²) >= 11 is 0. The standard InChI is InChI=1S/C14H20N2O2/c1-9(2)11(6-7-15)10-4-5-12-13(8-10)18-14(17)16(12)3/h4-5,8-9,11H,6-7,15H2,1-3H3. The van der Waals surface area contributed by atoms with Crippen molar-refractivity contribution in [2.75, 3.05) is 6.54 Å². The molecule has 0 aliphatic carbocycles. The van der Waals surface area contributed by atoms with Crippen molar-refractivity contribution in [3.05, 3.63) is 34.3 Å². The number of hydrogen-bond donors (Lipinski definition) is 1. The Bertz CT molecular complexity index is 595. The third kappa shape index (κ3) is 2.20. The quantitative estimate of drug-likeness (QED) is 0.902. The molecule has 1 unspecified atom stereocenters. The zero-order valence-electron chi connectivity index (χ0n) is 11.1. The number of benzene rings is 1. The van der Waals surface area contributed by atoms with E-state index in [-0.39, 0.29) is 5.76 Å². The van der Waals surface area contributed by atoms with Crippen LogP contribution >= 0.6 is 0 Å². The average molecular weight is 248 g/mol. The number of aromatic nitrogens is 1. The lowest BCUT2D eigenvalue weighted by atomic mass is 9.86. The summed E-state index contributed by atoms with van der Waals surface area (Å²) in [7, 11) is 1.72. The van der Waals surface area contributed by atoms with E-state index >= 15 is 0 Å². The third-order valence-corrected chi connectivity index (χ3v) is 3.53. The number of hydrogen-bond acceptors (Lipinski definition) is 3. The predicted molar refractivity (Wildman–Crippen MR) is 72.7 cm³/mol. The van der Waals surface area contributed by atoms with Crippen molar-refractivity contribution >= 4 is 11.1 Å². The molecule has 0 amide bonds. The van der Waals surface area contributed by atoms with Crippen LogP contribution in [0.3, 0.4) is 0 Å². The zero-order chi connectivity index (χ0) is 13.3. The molecule has 4 heteroatoms. The first-order valence-electron chi connectivity index (χ1n) is 6.34. The molecule has 1 atom stereocenters. The van der Waals surface area contributed by atoms with Crippen molar-refractivity contribution in [1.29, 1.82) is 0 Å². The fourth-order valence-corrected chi connectivity index (χ4v) is 2.45. The lowest BCUT2D eigenvalue weighted by Gasteiger charge is -2.20. The minimum absolute atomic E-state index is 0.318. The summed E-state index contributed by atoms with van der Waals surface area (Å²) in [5.41, 5.74) is 8.35. The smallest absolute Gasteiger partial charge is 0.408 e. The molecule has 98 valence electrons. The molecule has 1 aromatic heterocycles. The van der Waals surface area contributed by atoms with Crippen LogP contribution in [0.5, 0.6) is 0 Å². The van der Waals surface area contributed by atoms with E-state index in [0.717, 1.165) is 11.9 Å². The summed E-state index contributed by atoms with van der Waals surface area (Å²) in [6.07, 6.45) is 0.945. The van der Waals surface area contributed by atoms with Gasteiger partial charge in [0.2, 0.25) is 0 Å². The van der Waals surface area contributed by atoms with Crippen LogP contribution in [-0.4, -0.2) is 11.1 Å². The van der Waals surface area contributed by atoms with Crippen LogP contribution in [0.1, 0.15) is 31.7 Å². The summed E-state index contributed by atoms with van der Waals surface area (Å²) in [6.45, 7) is 5.04. The Morgan fingerprint density at radius 3 is 2.72 bits per heavy atom. The lowest BCUT2D eigenvalue weighted by molar-refractivity contribution is 0.472. The van der Waals surface area contributed by atoms with Gasteiger partial charge in [-0.15, -0.1) is 0 Å². The molecule has 0 aliphatic rings. The van der Waals surface area contributed by atoms with Crippen molar-refractivity contribution < 1.29 is 4.42 Å². The molecule has 0 saturated carbocycles. The van der Waals surface area contributed by atoms with Gasteiger partial charge in [-0.2, -0.15) is 0 Å². The van der Waals surface area contributed by atoms with Crippen molar-refractivity contribution in [2.45, 2.75) is 26.2 Å². The van der Waals surface area contributed by atoms with E-state index in [4.69, 9.17) is 10.2 Å². The van der Waals surface area contributed by atoms with E-state index in [1.807, 2.05) is 12.1 Å². The first-order valence-corrected chi connectivity index (χ1v) is 6.34. The summed E-state index contributed by atoms with van der Waals surface area (Å²) in [6, 6.07) is 5.98. The summed E-state index contributed by atoms with van der Waals surface area (Å²) in [5, 5.41) is 0. The van der Waals surface area contributed by atoms with Crippen LogP contribution in [0.2, 0.25) is 0 Å². The van der Waals surface area contributed by atoms with E-state index in [9.17, 15) is 4.79 Å². The monoisotopic (exact) mass is 248 g/mol. The van der Waals surface area contributed by atoms with Gasteiger partial charge in [-0.3, -0.25) is 4.57 Å². The summed E-state index contributed by atoms with van der Waals surface area (Å²) < 4.78 is 6.74. The highest BCUT2D eigenvalue weighted by atomic mass is 16.4. The van der Waals surface area contributed by atoms with Gasteiger partial charge >= 0.3 is 5.76 Å². The molecular formula is C14H20N2O2. The molecule has 0 radical (unpaired) electrons. The fraction of sp³-hybridized carbons (Fsp3) is 0.500. The molecule has 2 rings (SSSR count). The summed E-state index contributed by atoms with van der Waals surface area (Å²) in [5.74, 6) is 0.605. The van der Waals surface area contributed by atoms with Crippen molar-refractivity contribution in [1.82, 2.24) is 4.57 Å². The van der Waals surface area contributed by atoms with Crippen molar-refractivity contribution in [2.24, 2.45) is 18.7 Å². The van der Waals surface area contributed by atoms with Gasteiger partial charge in [-0.1, -0.05) is 19.9 Å². The first-order chi connectivity index (χ1) is 8.54. The van der Waals surface area contributed by atoms with E-state index in [1.165, 1.54) is 10.1 Å². The maximum Gasteiger partial charge on any atom is 0.419 e. The van der Waals surface area contributed by atoms with Crippen molar-refractivity contribution in [3.8, 4) is 0 Å². The molecule has 0 bridgehead atoms. The molecule has 0 aliphatic heterocycles. The molecule has 2 N–H and O–H groups in total. The van der Waals surface area contributed by atoms with Crippen LogP contribution in [0.25, 0.3) is 11.1 Å². The van der Waals surface area contributed by atoms with Crippen LogP contribution in [0.4, 0.5) is 0 Å². The van der Waals surface area contributed by atoms with Gasteiger partial charge < -0.3 is 10.2 Å². The van der Waals surface area contributed by atoms with Gasteiger partial charge in [0.15, 0.2) is 5.58 Å². The lowest BCUT2D eigenvalue weighted by Crippen LogP contribution is -2.12. The first kappa shape index (κ1) is 12.9. The summed E-state index contributed by atoms with van der Waals surface area (Å²) in [4.78, 5) is 11.5. The van der Waals surface area contributed by atoms with Gasteiger partial charge in [0.25, 0.3) is 0 Å². The highest BCUT2D eigenvalue weighted by Crippen LogP contribution is 2.29. The molecule has 2 aromatic rings. The topological polar surface area (TPSA) is 61.2 Å². The van der Waals surface area contributed by atoms with E-state index < -0.39 is 0 Å². The Morgan fingerprint density at radius 1 is 1.39 bits per heavy atom. The predicted octanol–water partition coefficient (Wildman–Crippen LogP) is 2.22. The molecule has 0 spiro atoms. The third-order valence-electron chi connectivity index (χ3n) is 3.53. The van der Waals surface area contributed by atoms with E-state index in [2.05, 4.69) is 19.9 Å². The van der Waals surface area contributed by atoms with E-state index in [1.54, 1.807) is 7.05 Å². The van der Waals surface area contributed by atoms with Crippen LogP contribution in [-0.2, 0) is 7.05 Å². The SMILES string of the molecule is CC(C)C(CCN)c1ccc2c(c1)oc(=O)n2C. The molecule has 0 fully saturated rings. The number of oxazole rings is 1. The number of aryl methyl sites for hydroxylation is 1. The number of rotatable bonds is 4. The number of nitrogens with zero attached hydrogens (tertiary/aromatic N) is 1. The van der Waals surface area contributed by atoms with Gasteiger partial charge in [0.05, 0.1) is 5.52 Å². The maximum atomic E-state index is 11.5. The normalized spacial score (nSPS) is 13.4. The highest BCUT2D eigenvalue weighted by molar-refractivity contribution is 5.73. The van der Waals surface area contributed by atoms with E-state index in [0.29, 0.717) is 24.0 Å². The zero-order valence-corrected chi connectivity index (χ0v) is 11.1. The molecule has 1 heterocycles. The minimum atomic E-state index is -0.318. The number of fused-ring (bicyclic) bond motifs is 1. The Morgan fingerprint density at radius 2 is 2.11 bits per heavy atom. The largest absolute Gasteiger partial charge is 0.419 e. The Hall–Kier alpha value is -1.55. The molecule has 1 aromatic carbocycles. The second-order valence-electron chi connectivity index (χ2n) is 5.08. The van der Waals surface area contributed by atoms with Gasteiger partial charge in [-0.25, -0.2) is 4.79 Å². The minimum Gasteiger partial charge on any atom is -0.408 e. The van der Waals surface area contributed by atoms with Crippen LogP contribution in [0.15, 0.2) is 27.4 Å². The fourth-order valence-electron chi connectivity index (χ4n) is 2.45. The van der Waals surface area contributed by atoms with Gasteiger partial charge in [-0.05, 0) is 42.5 Å². The Balaban J connectivity index is 2.48. The average Bonchev–Trinajstić information content (AvgIpc) is 2.61. The molecule has 18 heavy (non-hydrogen) atoms.